The maximum absolute atomic E-state index is 13.6. The van der Waals surface area contributed by atoms with E-state index in [0.29, 0.717) is 6.07 Å². The molecule has 2 N–H and O–H groups in total. The Morgan fingerprint density at radius 2 is 1.44 bits per heavy atom. The number of sulfonamides is 2. The zero-order valence-corrected chi connectivity index (χ0v) is 24.2. The van der Waals surface area contributed by atoms with Crippen LogP contribution in [0.15, 0.2) is 113 Å². The Morgan fingerprint density at radius 1 is 0.791 bits per heavy atom. The van der Waals surface area contributed by atoms with Crippen LogP contribution >= 0.6 is 0 Å². The van der Waals surface area contributed by atoms with Gasteiger partial charge in [0, 0.05) is 11.4 Å². The van der Waals surface area contributed by atoms with E-state index in [1.165, 1.54) is 36.4 Å². The van der Waals surface area contributed by atoms with Crippen LogP contribution in [0.5, 0.6) is 5.75 Å². The lowest BCUT2D eigenvalue weighted by Gasteiger charge is -2.26. The molecule has 226 valence electrons. The second-order valence-corrected chi connectivity index (χ2v) is 12.5. The Balaban J connectivity index is 1.54. The van der Waals surface area contributed by atoms with Gasteiger partial charge in [-0.3, -0.25) is 13.8 Å². The summed E-state index contributed by atoms with van der Waals surface area (Å²) in [6.45, 7) is 1.34. The predicted molar refractivity (Wildman–Crippen MR) is 156 cm³/mol. The van der Waals surface area contributed by atoms with Crippen molar-refractivity contribution in [1.82, 2.24) is 0 Å². The van der Waals surface area contributed by atoms with E-state index >= 15 is 0 Å². The van der Waals surface area contributed by atoms with Gasteiger partial charge in [0.1, 0.15) is 12.3 Å². The van der Waals surface area contributed by atoms with Crippen molar-refractivity contribution in [2.45, 2.75) is 22.9 Å². The highest BCUT2D eigenvalue weighted by molar-refractivity contribution is 7.93. The Hall–Kier alpha value is -4.56. The molecule has 0 aliphatic rings. The quantitative estimate of drug-likeness (QED) is 0.217. The number of halogens is 3. The summed E-state index contributed by atoms with van der Waals surface area (Å²) in [6.07, 6.45) is -4.65. The minimum atomic E-state index is -4.65. The maximum Gasteiger partial charge on any atom is 0.416 e. The topological polar surface area (TPSA) is 122 Å². The summed E-state index contributed by atoms with van der Waals surface area (Å²) < 4.78 is 100. The lowest BCUT2D eigenvalue weighted by atomic mass is 10.2. The van der Waals surface area contributed by atoms with E-state index in [2.05, 4.69) is 10.0 Å². The molecule has 9 nitrogen and oxygen atoms in total. The van der Waals surface area contributed by atoms with Gasteiger partial charge in [-0.25, -0.2) is 16.8 Å². The summed E-state index contributed by atoms with van der Waals surface area (Å²) in [7, 11) is -8.48. The molecular weight excluding hydrogens is 607 g/mol. The summed E-state index contributed by atoms with van der Waals surface area (Å²) >= 11 is 0. The van der Waals surface area contributed by atoms with Gasteiger partial charge in [0.05, 0.1) is 27.6 Å². The number of hydrogen-bond acceptors (Lipinski definition) is 6. The Kier molecular flexibility index (Phi) is 9.30. The summed E-state index contributed by atoms with van der Waals surface area (Å²) in [5.41, 5.74) is -0.999. The normalized spacial score (nSPS) is 11.9. The van der Waals surface area contributed by atoms with Crippen molar-refractivity contribution in [3.8, 4) is 5.75 Å². The van der Waals surface area contributed by atoms with Crippen molar-refractivity contribution in [1.29, 1.82) is 0 Å². The van der Waals surface area contributed by atoms with Gasteiger partial charge in [0.25, 0.3) is 20.0 Å². The minimum Gasteiger partial charge on any atom is -0.492 e. The molecule has 0 saturated heterocycles. The molecular formula is C29H26F3N3O6S2. The van der Waals surface area contributed by atoms with Gasteiger partial charge in [0.2, 0.25) is 5.91 Å². The van der Waals surface area contributed by atoms with Crippen LogP contribution < -0.4 is 19.1 Å². The Bertz CT molecular complexity index is 1800. The minimum absolute atomic E-state index is 0.0445. The zero-order chi connectivity index (χ0) is 31.3. The average Bonchev–Trinajstić information content (AvgIpc) is 2.97. The number of benzene rings is 4. The predicted octanol–water partition coefficient (Wildman–Crippen LogP) is 5.74. The third kappa shape index (κ3) is 7.64. The first-order valence-corrected chi connectivity index (χ1v) is 15.6. The summed E-state index contributed by atoms with van der Waals surface area (Å²) in [5, 5.41) is 2.54. The third-order valence-corrected chi connectivity index (χ3v) is 9.11. The summed E-state index contributed by atoms with van der Waals surface area (Å²) in [5.74, 6) is -0.483. The molecule has 1 amide bonds. The molecule has 0 heterocycles. The molecule has 43 heavy (non-hydrogen) atoms. The molecule has 0 aliphatic heterocycles. The van der Waals surface area contributed by atoms with Gasteiger partial charge >= 0.3 is 6.18 Å². The van der Waals surface area contributed by atoms with Crippen molar-refractivity contribution >= 4 is 43.0 Å². The lowest BCUT2D eigenvalue weighted by molar-refractivity contribution is -0.137. The highest BCUT2D eigenvalue weighted by Crippen LogP contribution is 2.33. The van der Waals surface area contributed by atoms with E-state index < -0.39 is 44.2 Å². The van der Waals surface area contributed by atoms with Crippen molar-refractivity contribution in [2.24, 2.45) is 0 Å². The molecule has 0 saturated carbocycles. The zero-order valence-electron chi connectivity index (χ0n) is 22.6. The van der Waals surface area contributed by atoms with Crippen LogP contribution in [0.4, 0.5) is 30.2 Å². The maximum atomic E-state index is 13.6. The first-order valence-electron chi connectivity index (χ1n) is 12.7. The second kappa shape index (κ2) is 12.8. The largest absolute Gasteiger partial charge is 0.492 e. The molecule has 0 bridgehead atoms. The van der Waals surface area contributed by atoms with Crippen LogP contribution in [0, 0.1) is 0 Å². The molecule has 0 atom stereocenters. The first-order chi connectivity index (χ1) is 20.3. The SMILES string of the molecule is CCOc1ccccc1N(CC(=O)Nc1ccc(S(=O)(=O)Nc2cccc(C(F)(F)F)c2)cc1)S(=O)(=O)c1ccccc1. The van der Waals surface area contributed by atoms with Gasteiger partial charge in [-0.2, -0.15) is 13.2 Å². The highest BCUT2D eigenvalue weighted by atomic mass is 32.2. The van der Waals surface area contributed by atoms with Crippen LogP contribution in [0.25, 0.3) is 0 Å². The van der Waals surface area contributed by atoms with Crippen molar-refractivity contribution in [3.63, 3.8) is 0 Å². The Morgan fingerprint density at radius 3 is 2.09 bits per heavy atom. The van der Waals surface area contributed by atoms with E-state index in [4.69, 9.17) is 4.74 Å². The fourth-order valence-corrected chi connectivity index (χ4v) is 6.48. The van der Waals surface area contributed by atoms with Crippen LogP contribution in [0.1, 0.15) is 12.5 Å². The van der Waals surface area contributed by atoms with Crippen LogP contribution in [0.2, 0.25) is 0 Å². The van der Waals surface area contributed by atoms with Crippen LogP contribution in [-0.2, 0) is 31.0 Å². The molecule has 0 unspecified atom stereocenters. The van der Waals surface area contributed by atoms with Crippen LogP contribution in [0.3, 0.4) is 0 Å². The van der Waals surface area contributed by atoms with Gasteiger partial charge in [-0.1, -0.05) is 36.4 Å². The van der Waals surface area contributed by atoms with Gasteiger partial charge in [-0.05, 0) is 73.7 Å². The molecule has 0 aromatic heterocycles. The number of carbonyl (C=O) groups is 1. The number of carbonyl (C=O) groups excluding carboxylic acids is 1. The number of ether oxygens (including phenoxy) is 1. The van der Waals surface area contributed by atoms with E-state index in [-0.39, 0.29) is 39.2 Å². The molecule has 4 aromatic rings. The van der Waals surface area contributed by atoms with Gasteiger partial charge < -0.3 is 10.1 Å². The van der Waals surface area contributed by atoms with Crippen molar-refractivity contribution < 1.29 is 39.5 Å². The summed E-state index contributed by atoms with van der Waals surface area (Å²) in [4.78, 5) is 12.8. The second-order valence-electron chi connectivity index (χ2n) is 8.98. The number of nitrogens with one attached hydrogen (secondary N) is 2. The van der Waals surface area contributed by atoms with E-state index in [0.717, 1.165) is 28.6 Å². The van der Waals surface area contributed by atoms with E-state index in [1.807, 2.05) is 0 Å². The first kappa shape index (κ1) is 31.4. The highest BCUT2D eigenvalue weighted by Gasteiger charge is 2.31. The Labute approximate surface area is 247 Å². The summed E-state index contributed by atoms with van der Waals surface area (Å²) in [6, 6.07) is 22.5. The van der Waals surface area contributed by atoms with Gasteiger partial charge in [0.15, 0.2) is 0 Å². The molecule has 14 heteroatoms. The molecule has 0 spiro atoms. The third-order valence-electron chi connectivity index (χ3n) is 5.94. The fraction of sp³-hybridized carbons (Fsp3) is 0.138. The average molecular weight is 634 g/mol. The molecule has 4 rings (SSSR count). The number of anilines is 3. The smallest absolute Gasteiger partial charge is 0.416 e. The van der Waals surface area contributed by atoms with Gasteiger partial charge in [-0.15, -0.1) is 0 Å². The molecule has 0 fully saturated rings. The molecule has 4 aromatic carbocycles. The lowest BCUT2D eigenvalue weighted by Crippen LogP contribution is -2.38. The number of nitrogens with zero attached hydrogens (tertiary/aromatic N) is 1. The van der Waals surface area contributed by atoms with E-state index in [1.54, 1.807) is 43.3 Å². The van der Waals surface area contributed by atoms with E-state index in [9.17, 15) is 34.8 Å². The fourth-order valence-electron chi connectivity index (χ4n) is 3.98. The van der Waals surface area contributed by atoms with Crippen molar-refractivity contribution in [3.05, 3.63) is 109 Å². The number of alkyl halides is 3. The number of para-hydroxylation sites is 2. The number of amides is 1. The monoisotopic (exact) mass is 633 g/mol. The molecule has 0 radical (unpaired) electrons. The van der Waals surface area contributed by atoms with Crippen LogP contribution in [-0.4, -0.2) is 35.9 Å². The standard InChI is InChI=1S/C29H26F3N3O6S2/c1-2-41-27-14-7-6-13-26(27)35(43(39,40)25-11-4-3-5-12-25)20-28(36)33-22-15-17-24(18-16-22)42(37,38)34-23-10-8-9-21(19-23)29(30,31)32/h3-19,34H,2,20H2,1H3,(H,33,36). The van der Waals surface area contributed by atoms with Crippen molar-refractivity contribution in [2.75, 3.05) is 27.5 Å². The molecule has 0 aliphatic carbocycles. The number of hydrogen-bond donors (Lipinski definition) is 2. The number of rotatable bonds is 11.